The summed E-state index contributed by atoms with van der Waals surface area (Å²) in [6.07, 6.45) is 0. The van der Waals surface area contributed by atoms with E-state index in [1.807, 2.05) is 24.8 Å². The van der Waals surface area contributed by atoms with E-state index in [2.05, 4.69) is 25.3 Å². The van der Waals surface area contributed by atoms with Gasteiger partial charge in [-0.1, -0.05) is 11.6 Å². The molecule has 1 aliphatic rings. The normalized spacial score (nSPS) is 17.0. The Bertz CT molecular complexity index is 1010. The second-order valence-electron chi connectivity index (χ2n) is 8.45. The van der Waals surface area contributed by atoms with Crippen molar-refractivity contribution in [2.24, 2.45) is 0 Å². The van der Waals surface area contributed by atoms with E-state index in [1.165, 1.54) is 4.31 Å². The van der Waals surface area contributed by atoms with Crippen LogP contribution in [0.1, 0.15) is 42.5 Å². The SMILES string of the molecule is Cc1cc(C(=O)CN2CCN(S(=O)(=O)c3ccc(Cl)s3)CC2)c(C)n1C(C)(C)C. The standard InChI is InChI=1S/C20H28ClN3O3S2/c1-14-12-16(15(2)24(14)20(3,4)5)17(25)13-22-8-10-23(11-9-22)29(26,27)19-7-6-18(21)28-19/h6-7,12H,8-11,13H2,1-5H3. The van der Waals surface area contributed by atoms with Gasteiger partial charge >= 0.3 is 0 Å². The number of rotatable bonds is 5. The van der Waals surface area contributed by atoms with E-state index in [0.717, 1.165) is 28.3 Å². The van der Waals surface area contributed by atoms with Crippen molar-refractivity contribution in [3.05, 3.63) is 39.5 Å². The summed E-state index contributed by atoms with van der Waals surface area (Å²) < 4.78 is 29.8. The third-order valence-electron chi connectivity index (χ3n) is 5.24. The number of aromatic nitrogens is 1. The minimum absolute atomic E-state index is 0.0787. The minimum Gasteiger partial charge on any atom is -0.343 e. The van der Waals surface area contributed by atoms with Crippen LogP contribution in [0.5, 0.6) is 0 Å². The first-order valence-electron chi connectivity index (χ1n) is 9.61. The van der Waals surface area contributed by atoms with Crippen molar-refractivity contribution in [3.63, 3.8) is 0 Å². The van der Waals surface area contributed by atoms with Crippen LogP contribution in [0.4, 0.5) is 0 Å². The lowest BCUT2D eigenvalue weighted by Gasteiger charge is -2.33. The Morgan fingerprint density at radius 1 is 1.14 bits per heavy atom. The molecule has 2 aromatic heterocycles. The summed E-state index contributed by atoms with van der Waals surface area (Å²) in [5, 5.41) is 0. The Hall–Kier alpha value is -1.19. The fourth-order valence-electron chi connectivity index (χ4n) is 4.06. The third kappa shape index (κ3) is 4.61. The maximum atomic E-state index is 12.9. The Morgan fingerprint density at radius 2 is 1.76 bits per heavy atom. The zero-order chi connectivity index (χ0) is 21.6. The van der Waals surface area contributed by atoms with E-state index in [4.69, 9.17) is 11.6 Å². The maximum absolute atomic E-state index is 12.9. The second kappa shape index (κ2) is 8.15. The fourth-order valence-corrected chi connectivity index (χ4v) is 7.12. The van der Waals surface area contributed by atoms with Crippen molar-refractivity contribution in [3.8, 4) is 0 Å². The fraction of sp³-hybridized carbons (Fsp3) is 0.550. The summed E-state index contributed by atoms with van der Waals surface area (Å²) in [5.74, 6) is 0.0787. The van der Waals surface area contributed by atoms with Crippen molar-refractivity contribution in [2.75, 3.05) is 32.7 Å². The summed E-state index contributed by atoms with van der Waals surface area (Å²) in [7, 11) is -3.52. The Morgan fingerprint density at radius 3 is 2.24 bits per heavy atom. The molecule has 29 heavy (non-hydrogen) atoms. The summed E-state index contributed by atoms with van der Waals surface area (Å²) in [5.41, 5.74) is 2.72. The summed E-state index contributed by atoms with van der Waals surface area (Å²) in [6.45, 7) is 12.5. The highest BCUT2D eigenvalue weighted by Crippen LogP contribution is 2.29. The van der Waals surface area contributed by atoms with Crippen molar-refractivity contribution in [1.29, 1.82) is 0 Å². The van der Waals surface area contributed by atoms with E-state index in [-0.39, 0.29) is 15.5 Å². The Kier molecular flexibility index (Phi) is 6.32. The monoisotopic (exact) mass is 457 g/mol. The first-order chi connectivity index (χ1) is 13.4. The lowest BCUT2D eigenvalue weighted by Crippen LogP contribution is -2.49. The smallest absolute Gasteiger partial charge is 0.252 e. The molecule has 2 aromatic rings. The molecule has 0 bridgehead atoms. The number of thiophene rings is 1. The highest BCUT2D eigenvalue weighted by atomic mass is 35.5. The highest BCUT2D eigenvalue weighted by Gasteiger charge is 2.31. The third-order valence-corrected chi connectivity index (χ3v) is 8.84. The topological polar surface area (TPSA) is 62.6 Å². The van der Waals surface area contributed by atoms with Gasteiger partial charge in [0.05, 0.1) is 10.9 Å². The van der Waals surface area contributed by atoms with Crippen molar-refractivity contribution >= 4 is 38.7 Å². The largest absolute Gasteiger partial charge is 0.343 e. The van der Waals surface area contributed by atoms with E-state index in [1.54, 1.807) is 12.1 Å². The van der Waals surface area contributed by atoms with Crippen LogP contribution in [0, 0.1) is 13.8 Å². The van der Waals surface area contributed by atoms with Crippen LogP contribution in [0.2, 0.25) is 4.34 Å². The molecule has 0 amide bonds. The van der Waals surface area contributed by atoms with Gasteiger partial charge in [-0.3, -0.25) is 9.69 Å². The number of hydrogen-bond donors (Lipinski definition) is 0. The Labute approximate surface area is 182 Å². The van der Waals surface area contributed by atoms with Gasteiger partial charge in [0.1, 0.15) is 4.21 Å². The van der Waals surface area contributed by atoms with Crippen LogP contribution in [-0.2, 0) is 15.6 Å². The number of nitrogens with zero attached hydrogens (tertiary/aromatic N) is 3. The van der Waals surface area contributed by atoms with Gasteiger partial charge in [0.25, 0.3) is 10.0 Å². The summed E-state index contributed by atoms with van der Waals surface area (Å²) in [6, 6.07) is 5.11. The number of aryl methyl sites for hydroxylation is 1. The molecule has 0 unspecified atom stereocenters. The molecule has 9 heteroatoms. The zero-order valence-corrected chi connectivity index (χ0v) is 19.9. The molecule has 0 atom stereocenters. The van der Waals surface area contributed by atoms with Gasteiger partial charge < -0.3 is 4.57 Å². The maximum Gasteiger partial charge on any atom is 0.252 e. The Balaban J connectivity index is 1.65. The van der Waals surface area contributed by atoms with Gasteiger partial charge in [-0.15, -0.1) is 11.3 Å². The molecule has 0 saturated carbocycles. The average molecular weight is 458 g/mol. The molecule has 0 N–H and O–H groups in total. The molecule has 0 aliphatic carbocycles. The van der Waals surface area contributed by atoms with Gasteiger partial charge in [-0.2, -0.15) is 4.31 Å². The molecule has 1 aliphatic heterocycles. The molecular formula is C20H28ClN3O3S2. The van der Waals surface area contributed by atoms with Crippen molar-refractivity contribution in [1.82, 2.24) is 13.8 Å². The highest BCUT2D eigenvalue weighted by molar-refractivity contribution is 7.91. The van der Waals surface area contributed by atoms with Crippen LogP contribution < -0.4 is 0 Å². The van der Waals surface area contributed by atoms with E-state index in [9.17, 15) is 13.2 Å². The molecule has 0 radical (unpaired) electrons. The number of ketones is 1. The minimum atomic E-state index is -3.52. The first-order valence-corrected chi connectivity index (χ1v) is 12.2. The molecule has 0 aromatic carbocycles. The van der Waals surface area contributed by atoms with E-state index >= 15 is 0 Å². The molecule has 1 saturated heterocycles. The lowest BCUT2D eigenvalue weighted by molar-refractivity contribution is 0.0901. The lowest BCUT2D eigenvalue weighted by atomic mass is 10.1. The summed E-state index contributed by atoms with van der Waals surface area (Å²) >= 11 is 6.96. The molecular weight excluding hydrogens is 430 g/mol. The number of sulfonamides is 1. The van der Waals surface area contributed by atoms with Gasteiger partial charge in [0.15, 0.2) is 5.78 Å². The average Bonchev–Trinajstić information content (AvgIpc) is 3.18. The van der Waals surface area contributed by atoms with Crippen LogP contribution in [-0.4, -0.2) is 60.7 Å². The van der Waals surface area contributed by atoms with Crippen molar-refractivity contribution in [2.45, 2.75) is 44.4 Å². The van der Waals surface area contributed by atoms with Gasteiger partial charge in [-0.25, -0.2) is 8.42 Å². The first kappa shape index (κ1) is 22.5. The number of hydrogen-bond acceptors (Lipinski definition) is 5. The number of piperazine rings is 1. The molecule has 160 valence electrons. The van der Waals surface area contributed by atoms with Crippen LogP contribution in [0.3, 0.4) is 0 Å². The molecule has 6 nitrogen and oxygen atoms in total. The van der Waals surface area contributed by atoms with E-state index < -0.39 is 10.0 Å². The van der Waals surface area contributed by atoms with E-state index in [0.29, 0.717) is 37.1 Å². The van der Waals surface area contributed by atoms with Gasteiger partial charge in [0.2, 0.25) is 0 Å². The number of carbonyl (C=O) groups is 1. The number of carbonyl (C=O) groups excluding carboxylic acids is 1. The quantitative estimate of drug-likeness (QED) is 0.641. The number of halogens is 1. The van der Waals surface area contributed by atoms with Gasteiger partial charge in [-0.05, 0) is 52.8 Å². The van der Waals surface area contributed by atoms with Crippen LogP contribution in [0.15, 0.2) is 22.4 Å². The molecule has 3 rings (SSSR count). The predicted molar refractivity (Wildman–Crippen MR) is 118 cm³/mol. The second-order valence-corrected chi connectivity index (χ2v) is 12.3. The zero-order valence-electron chi connectivity index (χ0n) is 17.5. The predicted octanol–water partition coefficient (Wildman–Crippen LogP) is 3.76. The molecule has 1 fully saturated rings. The number of Topliss-reactive ketones (excluding diaryl/α,β-unsaturated/α-hetero) is 1. The van der Waals surface area contributed by atoms with Crippen LogP contribution >= 0.6 is 22.9 Å². The molecule has 0 spiro atoms. The summed E-state index contributed by atoms with van der Waals surface area (Å²) in [4.78, 5) is 15.0. The van der Waals surface area contributed by atoms with Crippen LogP contribution in [0.25, 0.3) is 0 Å². The van der Waals surface area contributed by atoms with Gasteiger partial charge in [0, 0.05) is 48.7 Å². The van der Waals surface area contributed by atoms with Crippen molar-refractivity contribution < 1.29 is 13.2 Å². The molecule has 3 heterocycles.